The molecular weight excluding hydrogens is 408 g/mol. The van der Waals surface area contributed by atoms with Crippen LogP contribution < -0.4 is 10.2 Å². The van der Waals surface area contributed by atoms with Crippen LogP contribution in [0.4, 0.5) is 10.6 Å². The van der Waals surface area contributed by atoms with Crippen molar-refractivity contribution in [3.63, 3.8) is 0 Å². The Morgan fingerprint density at radius 2 is 2.12 bits per heavy atom. The molecular formula is C22H26N8O2. The molecule has 5 rings (SSSR count). The number of rotatable bonds is 5. The molecule has 0 bridgehead atoms. The van der Waals surface area contributed by atoms with Crippen molar-refractivity contribution in [3.8, 4) is 17.1 Å². The quantitative estimate of drug-likeness (QED) is 0.652. The number of alkyl carbamates (subject to hydrolysis) is 1. The maximum absolute atomic E-state index is 11.6. The maximum atomic E-state index is 11.6. The van der Waals surface area contributed by atoms with Gasteiger partial charge in [0, 0.05) is 36.1 Å². The van der Waals surface area contributed by atoms with E-state index >= 15 is 0 Å². The fourth-order valence-corrected chi connectivity index (χ4v) is 4.80. The number of ether oxygens (including phenoxy) is 1. The van der Waals surface area contributed by atoms with Crippen molar-refractivity contribution in [2.24, 2.45) is 0 Å². The second-order valence-corrected chi connectivity index (χ2v) is 8.11. The lowest BCUT2D eigenvalue weighted by Crippen LogP contribution is -2.42. The number of aromatic nitrogens is 6. The number of nitrogens with one attached hydrogen (secondary N) is 1. The Balaban J connectivity index is 1.60. The first-order valence-electron chi connectivity index (χ1n) is 11.0. The highest BCUT2D eigenvalue weighted by molar-refractivity contribution is 5.70. The lowest BCUT2D eigenvalue weighted by atomic mass is 10.0. The van der Waals surface area contributed by atoms with Gasteiger partial charge in [-0.2, -0.15) is 0 Å². The van der Waals surface area contributed by atoms with Crippen LogP contribution in [0.3, 0.4) is 0 Å². The Kier molecular flexibility index (Phi) is 5.42. The van der Waals surface area contributed by atoms with Crippen LogP contribution in [-0.4, -0.2) is 49.0 Å². The van der Waals surface area contributed by atoms with Crippen LogP contribution in [0.1, 0.15) is 56.5 Å². The Bertz CT molecular complexity index is 1120. The van der Waals surface area contributed by atoms with Crippen LogP contribution in [0.15, 0.2) is 31.0 Å². The summed E-state index contributed by atoms with van der Waals surface area (Å²) >= 11 is 0. The summed E-state index contributed by atoms with van der Waals surface area (Å²) in [6, 6.07) is 2.42. The van der Waals surface area contributed by atoms with E-state index in [-0.39, 0.29) is 12.6 Å². The minimum absolute atomic E-state index is 0.119. The molecule has 1 atom stereocenters. The average Bonchev–Trinajstić information content (AvgIpc) is 3.54. The number of methoxy groups -OCH3 is 1. The molecule has 3 aromatic rings. The lowest BCUT2D eigenvalue weighted by Gasteiger charge is -2.40. The van der Waals surface area contributed by atoms with Gasteiger partial charge in [-0.05, 0) is 25.3 Å². The number of fused-ring (bicyclic) bond motifs is 3. The van der Waals surface area contributed by atoms with Gasteiger partial charge in [-0.1, -0.05) is 19.8 Å². The van der Waals surface area contributed by atoms with Crippen LogP contribution in [0, 0.1) is 0 Å². The Morgan fingerprint density at radius 3 is 2.91 bits per heavy atom. The van der Waals surface area contributed by atoms with Crippen molar-refractivity contribution < 1.29 is 9.53 Å². The normalized spacial score (nSPS) is 17.7. The average molecular weight is 435 g/mol. The Morgan fingerprint density at radius 1 is 1.28 bits per heavy atom. The number of anilines is 1. The smallest absolute Gasteiger partial charge is 0.407 e. The van der Waals surface area contributed by atoms with Gasteiger partial charge in [-0.25, -0.2) is 14.8 Å². The minimum atomic E-state index is -0.496. The van der Waals surface area contributed by atoms with E-state index in [1.807, 2.05) is 16.8 Å². The molecule has 1 unspecified atom stereocenters. The highest BCUT2D eigenvalue weighted by Gasteiger charge is 2.38. The monoisotopic (exact) mass is 434 g/mol. The minimum Gasteiger partial charge on any atom is -0.453 e. The van der Waals surface area contributed by atoms with Gasteiger partial charge >= 0.3 is 6.09 Å². The molecule has 0 spiro atoms. The number of amides is 1. The number of hydrogen-bond donors (Lipinski definition) is 1. The lowest BCUT2D eigenvalue weighted by molar-refractivity contribution is 0.170. The molecule has 0 radical (unpaired) electrons. The van der Waals surface area contributed by atoms with E-state index in [2.05, 4.69) is 42.0 Å². The van der Waals surface area contributed by atoms with Gasteiger partial charge in [0.05, 0.1) is 19.3 Å². The zero-order valence-electron chi connectivity index (χ0n) is 18.2. The largest absolute Gasteiger partial charge is 0.453 e. The van der Waals surface area contributed by atoms with E-state index in [0.29, 0.717) is 11.9 Å². The van der Waals surface area contributed by atoms with E-state index in [4.69, 9.17) is 4.98 Å². The standard InChI is InChI=1S/C22H26N8O2/c1-3-17-21-28-26-13-29(21)18-12-24-19(27-20(18)30(17)15-6-4-5-7-15)16-8-9-23-10-14(16)11-25-22(31)32-2/h8-10,12-13,15,17H,3-7,11H2,1-2H3,(H,25,31). The van der Waals surface area contributed by atoms with Crippen LogP contribution in [0.2, 0.25) is 0 Å². The molecule has 1 fully saturated rings. The van der Waals surface area contributed by atoms with Gasteiger partial charge in [0.15, 0.2) is 17.5 Å². The van der Waals surface area contributed by atoms with Gasteiger partial charge < -0.3 is 15.0 Å². The predicted octanol–water partition coefficient (Wildman–Crippen LogP) is 3.19. The predicted molar refractivity (Wildman–Crippen MR) is 117 cm³/mol. The number of carbonyl (C=O) groups excluding carboxylic acids is 1. The van der Waals surface area contributed by atoms with E-state index in [1.54, 1.807) is 18.7 Å². The van der Waals surface area contributed by atoms with E-state index in [0.717, 1.165) is 47.7 Å². The van der Waals surface area contributed by atoms with Gasteiger partial charge in [0.25, 0.3) is 0 Å². The number of hydrogen-bond acceptors (Lipinski definition) is 8. The zero-order valence-corrected chi connectivity index (χ0v) is 18.2. The number of carbonyl (C=O) groups is 1. The third-order valence-corrected chi connectivity index (χ3v) is 6.32. The molecule has 1 aliphatic carbocycles. The third kappa shape index (κ3) is 3.45. The van der Waals surface area contributed by atoms with Gasteiger partial charge in [0.2, 0.25) is 0 Å². The van der Waals surface area contributed by atoms with Crippen molar-refractivity contribution in [2.75, 3.05) is 12.0 Å². The molecule has 10 nitrogen and oxygen atoms in total. The molecule has 0 aromatic carbocycles. The summed E-state index contributed by atoms with van der Waals surface area (Å²) in [5.74, 6) is 2.45. The molecule has 10 heteroatoms. The number of pyridine rings is 1. The summed E-state index contributed by atoms with van der Waals surface area (Å²) in [7, 11) is 1.34. The van der Waals surface area contributed by atoms with Crippen LogP contribution in [0.5, 0.6) is 0 Å². The second kappa shape index (κ2) is 8.52. The summed E-state index contributed by atoms with van der Waals surface area (Å²) in [5, 5.41) is 11.3. The highest BCUT2D eigenvalue weighted by Crippen LogP contribution is 2.43. The molecule has 4 heterocycles. The van der Waals surface area contributed by atoms with Crippen molar-refractivity contribution in [3.05, 3.63) is 42.4 Å². The topological polar surface area (TPSA) is 111 Å². The first-order chi connectivity index (χ1) is 15.7. The summed E-state index contributed by atoms with van der Waals surface area (Å²) in [6.07, 6.45) is 12.2. The first-order valence-corrected chi connectivity index (χ1v) is 11.0. The van der Waals surface area contributed by atoms with Crippen molar-refractivity contribution >= 4 is 11.9 Å². The van der Waals surface area contributed by atoms with Crippen LogP contribution in [0.25, 0.3) is 17.1 Å². The maximum Gasteiger partial charge on any atom is 0.407 e. The molecule has 1 aliphatic heterocycles. The summed E-state index contributed by atoms with van der Waals surface area (Å²) in [5.41, 5.74) is 2.54. The highest BCUT2D eigenvalue weighted by atomic mass is 16.5. The molecule has 1 N–H and O–H groups in total. The molecule has 3 aromatic heterocycles. The molecule has 2 aliphatic rings. The van der Waals surface area contributed by atoms with Crippen molar-refractivity contribution in [1.82, 2.24) is 35.0 Å². The summed E-state index contributed by atoms with van der Waals surface area (Å²) in [4.78, 5) is 27.9. The summed E-state index contributed by atoms with van der Waals surface area (Å²) in [6.45, 7) is 2.45. The molecule has 0 saturated heterocycles. The molecule has 1 saturated carbocycles. The third-order valence-electron chi connectivity index (χ3n) is 6.32. The fraction of sp³-hybridized carbons (Fsp3) is 0.455. The Hall–Kier alpha value is -3.56. The molecule has 32 heavy (non-hydrogen) atoms. The van der Waals surface area contributed by atoms with E-state index in [1.165, 1.54) is 20.0 Å². The zero-order chi connectivity index (χ0) is 22.1. The summed E-state index contributed by atoms with van der Waals surface area (Å²) < 4.78 is 6.69. The molecule has 1 amide bonds. The first kappa shape index (κ1) is 20.3. The SMILES string of the molecule is CCC1c2nncn2-c2cnc(-c3ccncc3CNC(=O)OC)nc2N1C1CCCC1. The van der Waals surface area contributed by atoms with Crippen molar-refractivity contribution in [1.29, 1.82) is 0 Å². The van der Waals surface area contributed by atoms with E-state index in [9.17, 15) is 4.79 Å². The second-order valence-electron chi connectivity index (χ2n) is 8.11. The van der Waals surface area contributed by atoms with Crippen molar-refractivity contribution in [2.45, 2.75) is 57.7 Å². The van der Waals surface area contributed by atoms with Gasteiger partial charge in [-0.15, -0.1) is 10.2 Å². The van der Waals surface area contributed by atoms with E-state index < -0.39 is 6.09 Å². The van der Waals surface area contributed by atoms with Crippen LogP contribution in [-0.2, 0) is 11.3 Å². The molecule has 166 valence electrons. The fourth-order valence-electron chi connectivity index (χ4n) is 4.80. The van der Waals surface area contributed by atoms with Gasteiger partial charge in [0.1, 0.15) is 12.0 Å². The Labute approximate surface area is 186 Å². The van der Waals surface area contributed by atoms with Gasteiger partial charge in [-0.3, -0.25) is 9.55 Å². The van der Waals surface area contributed by atoms with Crippen LogP contribution >= 0.6 is 0 Å². The number of nitrogens with zero attached hydrogens (tertiary/aromatic N) is 7.